The first-order chi connectivity index (χ1) is 8.56. The first-order valence-electron chi connectivity index (χ1n) is 5.46. The Bertz CT molecular complexity index is 578. The molecule has 18 heavy (non-hydrogen) atoms. The van der Waals surface area contributed by atoms with Gasteiger partial charge in [-0.3, -0.25) is 10.1 Å². The van der Waals surface area contributed by atoms with E-state index in [0.29, 0.717) is 17.9 Å². The Balaban J connectivity index is 2.06. The second-order valence-corrected chi connectivity index (χ2v) is 3.98. The van der Waals surface area contributed by atoms with Crippen molar-refractivity contribution in [3.8, 4) is 0 Å². The number of nitrogens with zero attached hydrogens (tertiary/aromatic N) is 2. The van der Waals surface area contributed by atoms with Crippen molar-refractivity contribution in [2.45, 2.75) is 20.4 Å². The maximum absolute atomic E-state index is 10.6. The molecule has 0 fully saturated rings. The zero-order chi connectivity index (χ0) is 13.1. The van der Waals surface area contributed by atoms with E-state index < -0.39 is 4.92 Å². The maximum Gasteiger partial charge on any atom is 0.290 e. The molecule has 0 saturated carbocycles. The van der Waals surface area contributed by atoms with Gasteiger partial charge in [0.25, 0.3) is 5.69 Å². The van der Waals surface area contributed by atoms with Crippen LogP contribution in [0.3, 0.4) is 0 Å². The summed E-state index contributed by atoms with van der Waals surface area (Å²) in [5, 5.41) is 13.7. The molecule has 1 N–H and O–H groups in total. The molecular weight excluding hydrogens is 234 g/mol. The molecule has 6 heteroatoms. The van der Waals surface area contributed by atoms with Gasteiger partial charge in [0, 0.05) is 5.56 Å². The summed E-state index contributed by atoms with van der Waals surface area (Å²) in [5.74, 6) is 2.23. The molecule has 0 saturated heterocycles. The average molecular weight is 247 g/mol. The van der Waals surface area contributed by atoms with Gasteiger partial charge in [-0.1, -0.05) is 0 Å². The molecule has 0 spiro atoms. The van der Waals surface area contributed by atoms with Crippen molar-refractivity contribution in [3.05, 3.63) is 51.6 Å². The molecule has 0 amide bonds. The number of rotatable bonds is 4. The third-order valence-electron chi connectivity index (χ3n) is 2.52. The number of aromatic nitrogens is 1. The summed E-state index contributed by atoms with van der Waals surface area (Å²) in [6.07, 6.45) is 1.26. The number of pyridine rings is 1. The van der Waals surface area contributed by atoms with Crippen molar-refractivity contribution in [1.82, 2.24) is 4.98 Å². The fourth-order valence-electron chi connectivity index (χ4n) is 1.59. The lowest BCUT2D eigenvalue weighted by Gasteiger charge is -2.04. The molecule has 2 aromatic rings. The molecule has 0 radical (unpaired) electrons. The van der Waals surface area contributed by atoms with E-state index in [4.69, 9.17) is 4.42 Å². The van der Waals surface area contributed by atoms with Crippen molar-refractivity contribution in [3.63, 3.8) is 0 Å². The summed E-state index contributed by atoms with van der Waals surface area (Å²) in [6, 6.07) is 5.40. The monoisotopic (exact) mass is 247 g/mol. The summed E-state index contributed by atoms with van der Waals surface area (Å²) in [7, 11) is 0. The molecule has 2 heterocycles. The van der Waals surface area contributed by atoms with E-state index in [9.17, 15) is 10.1 Å². The molecule has 0 aromatic carbocycles. The van der Waals surface area contributed by atoms with Crippen molar-refractivity contribution < 1.29 is 9.34 Å². The van der Waals surface area contributed by atoms with Gasteiger partial charge in [-0.15, -0.1) is 0 Å². The van der Waals surface area contributed by atoms with Crippen LogP contribution in [0.5, 0.6) is 0 Å². The Morgan fingerprint density at radius 2 is 2.22 bits per heavy atom. The first-order valence-corrected chi connectivity index (χ1v) is 5.46. The van der Waals surface area contributed by atoms with Crippen molar-refractivity contribution in [1.29, 1.82) is 0 Å². The molecule has 2 aromatic heterocycles. The lowest BCUT2D eigenvalue weighted by atomic mass is 10.2. The first kappa shape index (κ1) is 12.1. The van der Waals surface area contributed by atoms with Crippen LogP contribution in [0, 0.1) is 24.0 Å². The highest BCUT2D eigenvalue weighted by molar-refractivity contribution is 5.46. The van der Waals surface area contributed by atoms with Gasteiger partial charge in [-0.2, -0.15) is 0 Å². The Morgan fingerprint density at radius 1 is 1.44 bits per heavy atom. The van der Waals surface area contributed by atoms with Crippen LogP contribution >= 0.6 is 0 Å². The molecule has 0 atom stereocenters. The van der Waals surface area contributed by atoms with E-state index in [1.165, 1.54) is 6.20 Å². The Kier molecular flexibility index (Phi) is 3.27. The quantitative estimate of drug-likeness (QED) is 0.663. The third kappa shape index (κ3) is 2.65. The largest absolute Gasteiger partial charge is 0.465 e. The average Bonchev–Trinajstić information content (AvgIpc) is 2.72. The van der Waals surface area contributed by atoms with Crippen LogP contribution < -0.4 is 5.32 Å². The van der Waals surface area contributed by atoms with E-state index in [0.717, 1.165) is 11.5 Å². The molecule has 0 bridgehead atoms. The van der Waals surface area contributed by atoms with Gasteiger partial charge in [0.1, 0.15) is 23.5 Å². The molecule has 94 valence electrons. The van der Waals surface area contributed by atoms with Crippen molar-refractivity contribution in [2.24, 2.45) is 0 Å². The normalized spacial score (nSPS) is 10.3. The van der Waals surface area contributed by atoms with E-state index in [-0.39, 0.29) is 5.69 Å². The zero-order valence-corrected chi connectivity index (χ0v) is 10.1. The number of nitro groups is 1. The molecular formula is C12H13N3O3. The minimum absolute atomic E-state index is 0.0226. The number of aryl methyl sites for hydroxylation is 2. The van der Waals surface area contributed by atoms with Gasteiger partial charge in [-0.05, 0) is 32.0 Å². The maximum atomic E-state index is 10.6. The van der Waals surface area contributed by atoms with Crippen LogP contribution in [-0.2, 0) is 6.54 Å². The van der Waals surface area contributed by atoms with Crippen LogP contribution in [0.4, 0.5) is 11.5 Å². The molecule has 6 nitrogen and oxygen atoms in total. The highest BCUT2D eigenvalue weighted by Gasteiger charge is 2.11. The predicted molar refractivity (Wildman–Crippen MR) is 66.4 cm³/mol. The molecule has 0 aliphatic heterocycles. The fourth-order valence-corrected chi connectivity index (χ4v) is 1.59. The standard InChI is InChI=1S/C12H13N3O3/c1-8-5-12(14-7-11(8)15(16)17)13-6-10-4-3-9(2)18-10/h3-5,7H,6H2,1-2H3,(H,13,14). The zero-order valence-electron chi connectivity index (χ0n) is 10.1. The highest BCUT2D eigenvalue weighted by atomic mass is 16.6. The Labute approximate surface area is 104 Å². The second-order valence-electron chi connectivity index (χ2n) is 3.98. The van der Waals surface area contributed by atoms with E-state index in [1.807, 2.05) is 19.1 Å². The molecule has 2 rings (SSSR count). The van der Waals surface area contributed by atoms with Crippen LogP contribution in [0.1, 0.15) is 17.1 Å². The van der Waals surface area contributed by atoms with Gasteiger partial charge in [-0.25, -0.2) is 4.98 Å². The summed E-state index contributed by atoms with van der Waals surface area (Å²) in [6.45, 7) is 4.05. The number of furan rings is 1. The van der Waals surface area contributed by atoms with Crippen LogP contribution in [0.25, 0.3) is 0 Å². The van der Waals surface area contributed by atoms with Crippen molar-refractivity contribution >= 4 is 11.5 Å². The summed E-state index contributed by atoms with van der Waals surface area (Å²) < 4.78 is 5.40. The van der Waals surface area contributed by atoms with E-state index in [1.54, 1.807) is 13.0 Å². The third-order valence-corrected chi connectivity index (χ3v) is 2.52. The Hall–Kier alpha value is -2.37. The highest BCUT2D eigenvalue weighted by Crippen LogP contribution is 2.19. The summed E-state index contributed by atoms with van der Waals surface area (Å²) in [5.41, 5.74) is 0.600. The van der Waals surface area contributed by atoms with Gasteiger partial charge in [0.15, 0.2) is 0 Å². The second kappa shape index (κ2) is 4.87. The number of nitrogens with one attached hydrogen (secondary N) is 1. The van der Waals surface area contributed by atoms with E-state index >= 15 is 0 Å². The van der Waals surface area contributed by atoms with E-state index in [2.05, 4.69) is 10.3 Å². The predicted octanol–water partition coefficient (Wildman–Crippen LogP) is 2.81. The van der Waals surface area contributed by atoms with Crippen LogP contribution in [-0.4, -0.2) is 9.91 Å². The van der Waals surface area contributed by atoms with Crippen LogP contribution in [0.2, 0.25) is 0 Å². The van der Waals surface area contributed by atoms with Gasteiger partial charge >= 0.3 is 0 Å². The van der Waals surface area contributed by atoms with Gasteiger partial charge in [0.2, 0.25) is 0 Å². The summed E-state index contributed by atoms with van der Waals surface area (Å²) >= 11 is 0. The molecule has 0 unspecified atom stereocenters. The number of hydrogen-bond acceptors (Lipinski definition) is 5. The fraction of sp³-hybridized carbons (Fsp3) is 0.250. The minimum Gasteiger partial charge on any atom is -0.465 e. The molecule has 0 aliphatic carbocycles. The smallest absolute Gasteiger partial charge is 0.290 e. The lowest BCUT2D eigenvalue weighted by Crippen LogP contribution is -2.02. The van der Waals surface area contributed by atoms with Crippen molar-refractivity contribution in [2.75, 3.05) is 5.32 Å². The number of anilines is 1. The molecule has 0 aliphatic rings. The van der Waals surface area contributed by atoms with Gasteiger partial charge < -0.3 is 9.73 Å². The van der Waals surface area contributed by atoms with Crippen LogP contribution in [0.15, 0.2) is 28.8 Å². The summed E-state index contributed by atoms with van der Waals surface area (Å²) in [4.78, 5) is 14.2. The minimum atomic E-state index is -0.442. The Morgan fingerprint density at radius 3 is 2.78 bits per heavy atom. The lowest BCUT2D eigenvalue weighted by molar-refractivity contribution is -0.385. The topological polar surface area (TPSA) is 81.2 Å². The SMILES string of the molecule is Cc1ccc(CNc2cc(C)c([N+](=O)[O-])cn2)o1. The number of hydrogen-bond donors (Lipinski definition) is 1. The van der Waals surface area contributed by atoms with Gasteiger partial charge in [0.05, 0.1) is 11.5 Å².